The molecule has 1 aliphatic carbocycles. The van der Waals surface area contributed by atoms with Crippen molar-refractivity contribution in [2.45, 2.75) is 31.8 Å². The van der Waals surface area contributed by atoms with Crippen molar-refractivity contribution >= 4 is 5.97 Å². The van der Waals surface area contributed by atoms with Gasteiger partial charge in [-0.25, -0.2) is 0 Å². The van der Waals surface area contributed by atoms with E-state index in [0.717, 1.165) is 5.92 Å². The van der Waals surface area contributed by atoms with Gasteiger partial charge in [0.05, 0.1) is 7.11 Å². The Labute approximate surface area is 85.4 Å². The highest BCUT2D eigenvalue weighted by molar-refractivity contribution is 5.75. The summed E-state index contributed by atoms with van der Waals surface area (Å²) in [5.74, 6) is 0.463. The molecule has 0 aliphatic heterocycles. The first-order chi connectivity index (χ1) is 6.56. The van der Waals surface area contributed by atoms with E-state index in [0.29, 0.717) is 12.6 Å². The smallest absolute Gasteiger partial charge is 0.323 e. The minimum atomic E-state index is -0.522. The van der Waals surface area contributed by atoms with Gasteiger partial charge in [-0.1, -0.05) is 0 Å². The molecule has 0 aromatic carbocycles. The number of likely N-dealkylation sites (N-methyl/N-ethyl adjacent to an activating group) is 1. The van der Waals surface area contributed by atoms with Gasteiger partial charge in [0.25, 0.3) is 0 Å². The molecular weight excluding hydrogens is 180 g/mol. The van der Waals surface area contributed by atoms with Gasteiger partial charge in [-0.05, 0) is 32.7 Å². The van der Waals surface area contributed by atoms with Crippen LogP contribution in [-0.4, -0.2) is 43.7 Å². The van der Waals surface area contributed by atoms with Gasteiger partial charge in [-0.3, -0.25) is 4.79 Å². The Balaban J connectivity index is 2.31. The molecule has 0 amide bonds. The van der Waals surface area contributed by atoms with Crippen LogP contribution in [0.25, 0.3) is 0 Å². The molecule has 2 atom stereocenters. The van der Waals surface area contributed by atoms with Crippen molar-refractivity contribution in [1.82, 2.24) is 4.90 Å². The van der Waals surface area contributed by atoms with Crippen LogP contribution in [0, 0.1) is 5.92 Å². The summed E-state index contributed by atoms with van der Waals surface area (Å²) in [7, 11) is 3.37. The van der Waals surface area contributed by atoms with E-state index in [2.05, 4.69) is 16.6 Å². The number of nitrogens with zero attached hydrogens (tertiary/aromatic N) is 1. The lowest BCUT2D eigenvalue weighted by molar-refractivity contribution is -0.142. The van der Waals surface area contributed by atoms with Crippen LogP contribution in [0.2, 0.25) is 0 Å². The van der Waals surface area contributed by atoms with Crippen molar-refractivity contribution in [3.05, 3.63) is 0 Å². The van der Waals surface area contributed by atoms with Gasteiger partial charge in [-0.2, -0.15) is 0 Å². The Hall–Kier alpha value is -0.610. The van der Waals surface area contributed by atoms with Gasteiger partial charge in [-0.15, -0.1) is 0 Å². The number of carbonyl (C=O) groups is 1. The number of hydrogen-bond donors (Lipinski definition) is 1. The molecule has 1 rings (SSSR count). The van der Waals surface area contributed by atoms with E-state index < -0.39 is 6.04 Å². The second-order valence-corrected chi connectivity index (χ2v) is 4.15. The zero-order valence-electron chi connectivity index (χ0n) is 9.19. The number of hydrogen-bond acceptors (Lipinski definition) is 4. The average Bonchev–Trinajstić information content (AvgIpc) is 2.98. The molecule has 0 spiro atoms. The summed E-state index contributed by atoms with van der Waals surface area (Å²) < 4.78 is 4.58. The molecule has 1 fully saturated rings. The van der Waals surface area contributed by atoms with E-state index in [-0.39, 0.29) is 5.97 Å². The quantitative estimate of drug-likeness (QED) is 0.645. The molecule has 2 N–H and O–H groups in total. The zero-order valence-corrected chi connectivity index (χ0v) is 9.19. The van der Waals surface area contributed by atoms with Gasteiger partial charge >= 0.3 is 5.97 Å². The summed E-state index contributed by atoms with van der Waals surface area (Å²) in [5.41, 5.74) is 5.67. The molecule has 0 bridgehead atoms. The summed E-state index contributed by atoms with van der Waals surface area (Å²) in [6, 6.07) is -0.00286. The van der Waals surface area contributed by atoms with Gasteiger partial charge in [0.2, 0.25) is 0 Å². The molecule has 0 heterocycles. The Morgan fingerprint density at radius 2 is 2.21 bits per heavy atom. The Bertz CT molecular complexity index is 204. The molecule has 4 heteroatoms. The summed E-state index contributed by atoms with van der Waals surface area (Å²) in [6.07, 6.45) is 2.61. The van der Waals surface area contributed by atoms with Gasteiger partial charge in [0.15, 0.2) is 0 Å². The predicted octanol–water partition coefficient (Wildman–Crippen LogP) is 0.217. The van der Waals surface area contributed by atoms with E-state index in [1.165, 1.54) is 20.0 Å². The lowest BCUT2D eigenvalue weighted by atomic mass is 10.1. The summed E-state index contributed by atoms with van der Waals surface area (Å²) in [4.78, 5) is 13.2. The molecule has 0 saturated heterocycles. The topological polar surface area (TPSA) is 55.6 Å². The Morgan fingerprint density at radius 1 is 1.64 bits per heavy atom. The number of methoxy groups -OCH3 is 1. The fourth-order valence-electron chi connectivity index (χ4n) is 1.64. The summed E-state index contributed by atoms with van der Waals surface area (Å²) in [6.45, 7) is 2.76. The van der Waals surface area contributed by atoms with E-state index in [1.54, 1.807) is 0 Å². The lowest BCUT2D eigenvalue weighted by Gasteiger charge is -2.26. The van der Waals surface area contributed by atoms with E-state index in [9.17, 15) is 4.79 Å². The number of rotatable bonds is 5. The fourth-order valence-corrected chi connectivity index (χ4v) is 1.64. The average molecular weight is 200 g/mol. The van der Waals surface area contributed by atoms with Crippen molar-refractivity contribution in [2.75, 3.05) is 20.7 Å². The van der Waals surface area contributed by atoms with Crippen LogP contribution in [0.1, 0.15) is 19.8 Å². The van der Waals surface area contributed by atoms with E-state index >= 15 is 0 Å². The van der Waals surface area contributed by atoms with Crippen LogP contribution in [-0.2, 0) is 9.53 Å². The van der Waals surface area contributed by atoms with Crippen molar-refractivity contribution < 1.29 is 9.53 Å². The van der Waals surface area contributed by atoms with Crippen LogP contribution in [0.15, 0.2) is 0 Å². The van der Waals surface area contributed by atoms with E-state index in [1.807, 2.05) is 7.05 Å². The van der Waals surface area contributed by atoms with Crippen molar-refractivity contribution in [2.24, 2.45) is 11.7 Å². The molecule has 4 nitrogen and oxygen atoms in total. The SMILES string of the molecule is COC(=O)C(N)CN(C)C(C)C1CC1. The lowest BCUT2D eigenvalue weighted by Crippen LogP contribution is -2.45. The first kappa shape index (κ1) is 11.5. The van der Waals surface area contributed by atoms with Crippen LogP contribution in [0.5, 0.6) is 0 Å². The first-order valence-corrected chi connectivity index (χ1v) is 5.10. The highest BCUT2D eigenvalue weighted by Gasteiger charge is 2.31. The third kappa shape index (κ3) is 2.96. The van der Waals surface area contributed by atoms with Crippen LogP contribution in [0.4, 0.5) is 0 Å². The third-order valence-electron chi connectivity index (χ3n) is 2.99. The molecule has 1 aliphatic rings. The van der Waals surface area contributed by atoms with E-state index in [4.69, 9.17) is 5.73 Å². The molecule has 0 radical (unpaired) electrons. The number of nitrogens with two attached hydrogens (primary N) is 1. The monoisotopic (exact) mass is 200 g/mol. The molecule has 0 aromatic rings. The number of ether oxygens (including phenoxy) is 1. The second-order valence-electron chi connectivity index (χ2n) is 4.15. The summed E-state index contributed by atoms with van der Waals surface area (Å²) in [5, 5.41) is 0. The first-order valence-electron chi connectivity index (χ1n) is 5.10. The molecular formula is C10H20N2O2. The Morgan fingerprint density at radius 3 is 2.64 bits per heavy atom. The normalized spacial score (nSPS) is 20.6. The van der Waals surface area contributed by atoms with Crippen molar-refractivity contribution in [1.29, 1.82) is 0 Å². The number of esters is 1. The maximum absolute atomic E-state index is 11.1. The summed E-state index contributed by atoms with van der Waals surface area (Å²) >= 11 is 0. The van der Waals surface area contributed by atoms with Crippen molar-refractivity contribution in [3.8, 4) is 0 Å². The molecule has 1 saturated carbocycles. The van der Waals surface area contributed by atoms with Crippen LogP contribution in [0.3, 0.4) is 0 Å². The second kappa shape index (κ2) is 4.75. The van der Waals surface area contributed by atoms with Gasteiger partial charge in [0, 0.05) is 12.6 Å². The number of carbonyl (C=O) groups excluding carboxylic acids is 1. The van der Waals surface area contributed by atoms with Gasteiger partial charge < -0.3 is 15.4 Å². The maximum atomic E-state index is 11.1. The molecule has 2 unspecified atom stereocenters. The predicted molar refractivity (Wildman–Crippen MR) is 54.8 cm³/mol. The standard InChI is InChI=1S/C10H20N2O2/c1-7(8-4-5-8)12(2)6-9(11)10(13)14-3/h7-9H,4-6,11H2,1-3H3. The maximum Gasteiger partial charge on any atom is 0.323 e. The van der Waals surface area contributed by atoms with Crippen molar-refractivity contribution in [3.63, 3.8) is 0 Å². The highest BCUT2D eigenvalue weighted by atomic mass is 16.5. The van der Waals surface area contributed by atoms with Crippen LogP contribution < -0.4 is 5.73 Å². The van der Waals surface area contributed by atoms with Gasteiger partial charge in [0.1, 0.15) is 6.04 Å². The molecule has 82 valence electrons. The molecule has 14 heavy (non-hydrogen) atoms. The fraction of sp³-hybridized carbons (Fsp3) is 0.900. The highest BCUT2D eigenvalue weighted by Crippen LogP contribution is 2.34. The molecule has 0 aromatic heterocycles. The largest absolute Gasteiger partial charge is 0.468 e. The van der Waals surface area contributed by atoms with Crippen LogP contribution >= 0.6 is 0 Å². The Kier molecular flexibility index (Phi) is 3.89. The minimum absolute atomic E-state index is 0.333. The zero-order chi connectivity index (χ0) is 10.7. The minimum Gasteiger partial charge on any atom is -0.468 e. The third-order valence-corrected chi connectivity index (χ3v) is 2.99.